The second kappa shape index (κ2) is 3.12. The Morgan fingerprint density at radius 2 is 2.50 bits per heavy atom. The van der Waals surface area contributed by atoms with Crippen molar-refractivity contribution in [2.45, 2.75) is 6.42 Å². The molecule has 0 saturated carbocycles. The van der Waals surface area contributed by atoms with Gasteiger partial charge in [0.2, 0.25) is 0 Å². The Labute approximate surface area is 70.0 Å². The molecule has 1 heterocycles. The Kier molecular flexibility index (Phi) is 2.61. The third-order valence-electron chi connectivity index (χ3n) is 1.37. The van der Waals surface area contributed by atoms with E-state index >= 15 is 0 Å². The van der Waals surface area contributed by atoms with E-state index in [1.807, 2.05) is 0 Å². The molecule has 1 nitrogen and oxygen atoms in total. The van der Waals surface area contributed by atoms with Gasteiger partial charge in [0, 0.05) is 17.4 Å². The van der Waals surface area contributed by atoms with Crippen molar-refractivity contribution < 1.29 is 4.21 Å². The maximum atomic E-state index is 11.3. The molecule has 2 unspecified atom stereocenters. The molecule has 0 aromatic rings. The molecule has 0 aliphatic carbocycles. The van der Waals surface area contributed by atoms with Gasteiger partial charge < -0.3 is 0 Å². The number of terminal acetylenes is 1. The minimum atomic E-state index is -2.04. The minimum Gasteiger partial charge on any atom is -0.246 e. The molecule has 10 heavy (non-hydrogen) atoms. The van der Waals surface area contributed by atoms with Gasteiger partial charge in [-0.05, 0) is 17.6 Å². The molecule has 1 rings (SSSR count). The van der Waals surface area contributed by atoms with E-state index in [2.05, 4.69) is 5.92 Å². The maximum Gasteiger partial charge on any atom is 0.0830 e. The lowest BCUT2D eigenvalue weighted by Gasteiger charge is -2.17. The molecule has 2 atom stereocenters. The van der Waals surface area contributed by atoms with E-state index in [4.69, 9.17) is 17.6 Å². The molecule has 0 spiro atoms. The zero-order valence-corrected chi connectivity index (χ0v) is 7.86. The molecule has 0 aromatic carbocycles. The van der Waals surface area contributed by atoms with Crippen LogP contribution in [0.1, 0.15) is 6.42 Å². The van der Waals surface area contributed by atoms with E-state index in [1.165, 1.54) is 10.8 Å². The van der Waals surface area contributed by atoms with Gasteiger partial charge in [-0.15, -0.1) is 12.3 Å². The first-order chi connectivity index (χ1) is 4.64. The van der Waals surface area contributed by atoms with Gasteiger partial charge in [-0.3, -0.25) is 0 Å². The van der Waals surface area contributed by atoms with Gasteiger partial charge in [0.25, 0.3) is 0 Å². The molecule has 0 amide bonds. The summed E-state index contributed by atoms with van der Waals surface area (Å²) >= 11 is 4.83. The summed E-state index contributed by atoms with van der Waals surface area (Å²) in [5, 5.41) is 0. The van der Waals surface area contributed by atoms with Crippen molar-refractivity contribution in [3.05, 3.63) is 0 Å². The standard InChI is InChI=1S/C6H8OS3/c1-2-6-3-4-9-10(7,8)5-6/h1,6H,3-5H2. The van der Waals surface area contributed by atoms with Gasteiger partial charge in [-0.25, -0.2) is 4.21 Å². The zero-order valence-electron chi connectivity index (χ0n) is 5.41. The Morgan fingerprint density at radius 1 is 1.80 bits per heavy atom. The number of rotatable bonds is 0. The highest BCUT2D eigenvalue weighted by Gasteiger charge is 2.20. The van der Waals surface area contributed by atoms with E-state index in [1.54, 1.807) is 0 Å². The fourth-order valence-electron chi connectivity index (χ4n) is 0.827. The van der Waals surface area contributed by atoms with Gasteiger partial charge in [0.05, 0.1) is 7.52 Å². The van der Waals surface area contributed by atoms with Crippen LogP contribution in [0.25, 0.3) is 0 Å². The van der Waals surface area contributed by atoms with Crippen LogP contribution in [0.4, 0.5) is 0 Å². The maximum absolute atomic E-state index is 11.3. The van der Waals surface area contributed by atoms with Crippen LogP contribution in [0.3, 0.4) is 0 Å². The molecule has 4 heteroatoms. The van der Waals surface area contributed by atoms with Crippen LogP contribution in [0.5, 0.6) is 0 Å². The van der Waals surface area contributed by atoms with Crippen LogP contribution in [0, 0.1) is 18.3 Å². The van der Waals surface area contributed by atoms with Gasteiger partial charge >= 0.3 is 0 Å². The van der Waals surface area contributed by atoms with Crippen LogP contribution in [0.15, 0.2) is 0 Å². The van der Waals surface area contributed by atoms with Gasteiger partial charge in [-0.2, -0.15) is 0 Å². The second-order valence-electron chi connectivity index (χ2n) is 2.20. The van der Waals surface area contributed by atoms with Crippen molar-refractivity contribution in [3.8, 4) is 12.3 Å². The van der Waals surface area contributed by atoms with Crippen LogP contribution in [-0.4, -0.2) is 15.7 Å². The van der Waals surface area contributed by atoms with Crippen molar-refractivity contribution in [2.24, 2.45) is 5.92 Å². The first kappa shape index (κ1) is 8.38. The van der Waals surface area contributed by atoms with E-state index in [0.717, 1.165) is 12.2 Å². The number of hydrogen-bond donors (Lipinski definition) is 0. The summed E-state index contributed by atoms with van der Waals surface area (Å²) in [6.07, 6.45) is 6.16. The molecule has 1 aliphatic heterocycles. The van der Waals surface area contributed by atoms with Crippen molar-refractivity contribution in [1.82, 2.24) is 0 Å². The molecule has 0 bridgehead atoms. The normalized spacial score (nSPS) is 40.5. The average molecular weight is 192 g/mol. The molecule has 1 aliphatic rings. The lowest BCUT2D eigenvalue weighted by Crippen LogP contribution is -2.17. The molecule has 0 aromatic heterocycles. The third kappa shape index (κ3) is 2.15. The molecule has 0 radical (unpaired) electrons. The highest BCUT2D eigenvalue weighted by molar-refractivity contribution is 8.85. The predicted octanol–water partition coefficient (Wildman–Crippen LogP) is 1.03. The first-order valence-corrected chi connectivity index (χ1v) is 7.13. The van der Waals surface area contributed by atoms with E-state index in [9.17, 15) is 4.21 Å². The van der Waals surface area contributed by atoms with Crippen LogP contribution >= 0.6 is 10.8 Å². The number of hydrogen-bond acceptors (Lipinski definition) is 3. The summed E-state index contributed by atoms with van der Waals surface area (Å²) in [4.78, 5) is 0. The average Bonchev–Trinajstić information content (AvgIpc) is 1.86. The third-order valence-corrected chi connectivity index (χ3v) is 6.20. The van der Waals surface area contributed by atoms with E-state index < -0.39 is 7.52 Å². The van der Waals surface area contributed by atoms with E-state index in [0.29, 0.717) is 5.75 Å². The second-order valence-corrected chi connectivity index (χ2v) is 8.86. The topological polar surface area (TPSA) is 17.1 Å². The Balaban J connectivity index is 2.67. The summed E-state index contributed by atoms with van der Waals surface area (Å²) in [6.45, 7) is 0. The Hall–Kier alpha value is 0.280. The first-order valence-electron chi connectivity index (χ1n) is 2.97. The fraction of sp³-hybridized carbons (Fsp3) is 0.667. The lowest BCUT2D eigenvalue weighted by atomic mass is 10.1. The lowest BCUT2D eigenvalue weighted by molar-refractivity contribution is 0.669. The van der Waals surface area contributed by atoms with E-state index in [-0.39, 0.29) is 5.92 Å². The molecule has 56 valence electrons. The SMILES string of the molecule is C#CC1CCSS(=O)(=S)C1. The summed E-state index contributed by atoms with van der Waals surface area (Å²) in [6, 6.07) is 0. The summed E-state index contributed by atoms with van der Waals surface area (Å²) < 4.78 is 11.3. The molecular formula is C6H8OS3. The minimum absolute atomic E-state index is 0.159. The summed E-state index contributed by atoms with van der Waals surface area (Å²) in [5.74, 6) is 4.15. The zero-order chi connectivity index (χ0) is 7.61. The van der Waals surface area contributed by atoms with Crippen molar-refractivity contribution >= 4 is 29.5 Å². The highest BCUT2D eigenvalue weighted by Crippen LogP contribution is 2.26. The van der Waals surface area contributed by atoms with Gasteiger partial charge in [-0.1, -0.05) is 10.8 Å². The van der Waals surface area contributed by atoms with Crippen LogP contribution in [-0.2, 0) is 18.7 Å². The van der Waals surface area contributed by atoms with Crippen LogP contribution in [0.2, 0.25) is 0 Å². The Bertz CT molecular complexity index is 247. The largest absolute Gasteiger partial charge is 0.246 e. The van der Waals surface area contributed by atoms with Crippen molar-refractivity contribution in [2.75, 3.05) is 11.5 Å². The summed E-state index contributed by atoms with van der Waals surface area (Å²) in [5.41, 5.74) is 0. The van der Waals surface area contributed by atoms with Crippen molar-refractivity contribution in [1.29, 1.82) is 0 Å². The van der Waals surface area contributed by atoms with Crippen LogP contribution < -0.4 is 0 Å². The predicted molar refractivity (Wildman–Crippen MR) is 49.8 cm³/mol. The molecule has 0 N–H and O–H groups in total. The molecule has 1 fully saturated rings. The van der Waals surface area contributed by atoms with Gasteiger partial charge in [0.1, 0.15) is 0 Å². The smallest absolute Gasteiger partial charge is 0.0830 e. The monoisotopic (exact) mass is 192 g/mol. The van der Waals surface area contributed by atoms with Gasteiger partial charge in [0.15, 0.2) is 0 Å². The highest BCUT2D eigenvalue weighted by atomic mass is 33.3. The molecular weight excluding hydrogens is 184 g/mol. The molecule has 1 saturated heterocycles. The quantitative estimate of drug-likeness (QED) is 0.421. The fourth-order valence-corrected chi connectivity index (χ4v) is 5.25. The van der Waals surface area contributed by atoms with Crippen molar-refractivity contribution in [3.63, 3.8) is 0 Å². The Morgan fingerprint density at radius 3 is 2.90 bits per heavy atom. The summed E-state index contributed by atoms with van der Waals surface area (Å²) in [7, 11) is -0.650.